The van der Waals surface area contributed by atoms with Crippen LogP contribution in [-0.4, -0.2) is 23.2 Å². The summed E-state index contributed by atoms with van der Waals surface area (Å²) in [4.78, 5) is 19.8. The molecular weight excluding hydrogens is 408 g/mol. The minimum Gasteiger partial charge on any atom is -0.507 e. The van der Waals surface area contributed by atoms with E-state index < -0.39 is 0 Å². The number of nitrogens with one attached hydrogen (secondary N) is 1. The van der Waals surface area contributed by atoms with Gasteiger partial charge in [-0.3, -0.25) is 4.79 Å². The van der Waals surface area contributed by atoms with E-state index in [2.05, 4.69) is 0 Å². The Morgan fingerprint density at radius 1 is 1.19 bits per heavy atom. The lowest BCUT2D eigenvalue weighted by molar-refractivity contribution is -0.918. The molecule has 0 saturated carbocycles. The highest BCUT2D eigenvalue weighted by Gasteiger charge is 2.25. The molecule has 2 aromatic heterocycles. The Hall–Kier alpha value is -2.70. The van der Waals surface area contributed by atoms with E-state index in [0.717, 1.165) is 34.4 Å². The third-order valence-electron chi connectivity index (χ3n) is 6.38. The van der Waals surface area contributed by atoms with Crippen LogP contribution >= 0.6 is 11.3 Å². The summed E-state index contributed by atoms with van der Waals surface area (Å²) in [7, 11) is 0. The van der Waals surface area contributed by atoms with Gasteiger partial charge in [0, 0.05) is 0 Å². The molecule has 3 heterocycles. The van der Waals surface area contributed by atoms with E-state index in [0.29, 0.717) is 40.3 Å². The van der Waals surface area contributed by atoms with Crippen LogP contribution in [0.15, 0.2) is 39.5 Å². The number of benzene rings is 2. The van der Waals surface area contributed by atoms with E-state index in [4.69, 9.17) is 9.40 Å². The number of nitrogens with zero attached hydrogens (tertiary/aromatic N) is 1. The molecule has 1 aliphatic heterocycles. The lowest BCUT2D eigenvalue weighted by Crippen LogP contribution is -3.11. The van der Waals surface area contributed by atoms with Crippen molar-refractivity contribution < 1.29 is 14.4 Å². The van der Waals surface area contributed by atoms with Crippen LogP contribution in [0.25, 0.3) is 31.8 Å². The SMILES string of the molecule is CCc1cc2c(=O)c(-c3nc4ccccc4s3)c(C)oc2c(C[NH+]2CCCCC2)c1O. The Balaban J connectivity index is 1.72. The predicted molar refractivity (Wildman–Crippen MR) is 125 cm³/mol. The molecule has 1 saturated heterocycles. The first-order valence-corrected chi connectivity index (χ1v) is 11.9. The summed E-state index contributed by atoms with van der Waals surface area (Å²) in [5, 5.41) is 12.2. The van der Waals surface area contributed by atoms with E-state index in [1.54, 1.807) is 0 Å². The second-order valence-corrected chi connectivity index (χ2v) is 9.46. The molecule has 1 aliphatic rings. The molecule has 4 aromatic rings. The summed E-state index contributed by atoms with van der Waals surface area (Å²) in [5.74, 6) is 0.832. The van der Waals surface area contributed by atoms with Gasteiger partial charge in [0.25, 0.3) is 0 Å². The number of para-hydroxylation sites is 1. The Morgan fingerprint density at radius 3 is 2.71 bits per heavy atom. The summed E-state index contributed by atoms with van der Waals surface area (Å²) in [5.41, 5.74) is 3.43. The Bertz CT molecular complexity index is 1300. The molecule has 5 nitrogen and oxygen atoms in total. The van der Waals surface area contributed by atoms with Crippen molar-refractivity contribution in [2.75, 3.05) is 13.1 Å². The number of aromatic nitrogens is 1. The smallest absolute Gasteiger partial charge is 0.203 e. The molecule has 0 aliphatic carbocycles. The number of fused-ring (bicyclic) bond motifs is 2. The largest absolute Gasteiger partial charge is 0.507 e. The molecule has 5 rings (SSSR count). The number of aryl methyl sites for hydroxylation is 2. The van der Waals surface area contributed by atoms with Gasteiger partial charge in [0.1, 0.15) is 23.1 Å². The number of hydrogen-bond donors (Lipinski definition) is 2. The average Bonchev–Trinajstić information content (AvgIpc) is 3.20. The molecule has 2 N–H and O–H groups in total. The molecule has 2 aromatic carbocycles. The number of piperidine rings is 1. The van der Waals surface area contributed by atoms with Crippen molar-refractivity contribution in [2.45, 2.75) is 46.1 Å². The maximum absolute atomic E-state index is 13.7. The van der Waals surface area contributed by atoms with Gasteiger partial charge in [-0.1, -0.05) is 19.1 Å². The van der Waals surface area contributed by atoms with Crippen LogP contribution < -0.4 is 10.3 Å². The number of rotatable bonds is 4. The molecule has 0 unspecified atom stereocenters. The van der Waals surface area contributed by atoms with E-state index in [1.165, 1.54) is 35.5 Å². The summed E-state index contributed by atoms with van der Waals surface area (Å²) in [6.45, 7) is 6.68. The zero-order valence-corrected chi connectivity index (χ0v) is 18.8. The van der Waals surface area contributed by atoms with Gasteiger partial charge >= 0.3 is 0 Å². The molecule has 31 heavy (non-hydrogen) atoms. The van der Waals surface area contributed by atoms with Gasteiger partial charge in [0.2, 0.25) is 5.43 Å². The van der Waals surface area contributed by atoms with Gasteiger partial charge in [-0.15, -0.1) is 11.3 Å². The van der Waals surface area contributed by atoms with Crippen molar-refractivity contribution in [1.82, 2.24) is 4.98 Å². The van der Waals surface area contributed by atoms with E-state index in [-0.39, 0.29) is 11.2 Å². The van der Waals surface area contributed by atoms with Crippen LogP contribution in [-0.2, 0) is 13.0 Å². The van der Waals surface area contributed by atoms with Crippen molar-refractivity contribution in [2.24, 2.45) is 0 Å². The van der Waals surface area contributed by atoms with Gasteiger partial charge in [0.15, 0.2) is 5.58 Å². The van der Waals surface area contributed by atoms with Gasteiger partial charge in [-0.25, -0.2) is 4.98 Å². The highest BCUT2D eigenvalue weighted by Crippen LogP contribution is 2.35. The number of phenolic OH excluding ortho intramolecular Hbond substituents is 1. The lowest BCUT2D eigenvalue weighted by atomic mass is 9.99. The van der Waals surface area contributed by atoms with Crippen molar-refractivity contribution >= 4 is 32.5 Å². The Labute approximate surface area is 185 Å². The first kappa shape index (κ1) is 20.2. The fourth-order valence-corrected chi connectivity index (χ4v) is 5.75. The highest BCUT2D eigenvalue weighted by molar-refractivity contribution is 7.21. The topological polar surface area (TPSA) is 67.8 Å². The van der Waals surface area contributed by atoms with Gasteiger partial charge in [-0.05, 0) is 56.4 Å². The van der Waals surface area contributed by atoms with Gasteiger partial charge in [-0.2, -0.15) is 0 Å². The van der Waals surface area contributed by atoms with Crippen LogP contribution in [0.1, 0.15) is 43.1 Å². The number of aromatic hydroxyl groups is 1. The number of quaternary nitrogens is 1. The zero-order chi connectivity index (χ0) is 21.5. The van der Waals surface area contributed by atoms with Crippen molar-refractivity contribution in [3.63, 3.8) is 0 Å². The van der Waals surface area contributed by atoms with Crippen LogP contribution in [0.5, 0.6) is 5.75 Å². The summed E-state index contributed by atoms with van der Waals surface area (Å²) in [6.07, 6.45) is 4.33. The first-order valence-electron chi connectivity index (χ1n) is 11.1. The normalized spacial score (nSPS) is 15.2. The standard InChI is InChI=1S/C25H26N2O3S/c1-3-16-13-17-23(29)21(25-26-19-9-5-6-10-20(19)31-25)15(2)30-24(17)18(22(16)28)14-27-11-7-4-8-12-27/h5-6,9-10,13,28H,3-4,7-8,11-12,14H2,1-2H3/p+1. The average molecular weight is 436 g/mol. The Kier molecular flexibility index (Phi) is 5.28. The van der Waals surface area contributed by atoms with Crippen LogP contribution in [0, 0.1) is 6.92 Å². The van der Waals surface area contributed by atoms with Gasteiger partial charge < -0.3 is 14.4 Å². The molecule has 0 amide bonds. The molecule has 6 heteroatoms. The quantitative estimate of drug-likeness (QED) is 0.504. The summed E-state index contributed by atoms with van der Waals surface area (Å²) >= 11 is 1.51. The van der Waals surface area contributed by atoms with Crippen LogP contribution in [0.2, 0.25) is 0 Å². The van der Waals surface area contributed by atoms with Crippen molar-refractivity contribution in [3.05, 3.63) is 57.4 Å². The van der Waals surface area contributed by atoms with E-state index in [1.807, 2.05) is 44.2 Å². The second kappa shape index (κ2) is 8.09. The minimum atomic E-state index is -0.0672. The molecular formula is C25H27N2O3S+. The van der Waals surface area contributed by atoms with Gasteiger partial charge in [0.05, 0.1) is 39.8 Å². The fraction of sp³-hybridized carbons (Fsp3) is 0.360. The maximum atomic E-state index is 13.7. The number of likely N-dealkylation sites (tertiary alicyclic amines) is 1. The Morgan fingerprint density at radius 2 is 1.97 bits per heavy atom. The zero-order valence-electron chi connectivity index (χ0n) is 18.0. The molecule has 0 atom stereocenters. The monoisotopic (exact) mass is 435 g/mol. The lowest BCUT2D eigenvalue weighted by Gasteiger charge is -2.24. The third-order valence-corrected chi connectivity index (χ3v) is 7.44. The summed E-state index contributed by atoms with van der Waals surface area (Å²) < 4.78 is 7.32. The van der Waals surface area contributed by atoms with Crippen LogP contribution in [0.4, 0.5) is 0 Å². The highest BCUT2D eigenvalue weighted by atomic mass is 32.1. The molecule has 160 valence electrons. The van der Waals surface area contributed by atoms with E-state index in [9.17, 15) is 9.90 Å². The molecule has 1 fully saturated rings. The molecule has 0 spiro atoms. The van der Waals surface area contributed by atoms with Crippen molar-refractivity contribution in [1.29, 1.82) is 0 Å². The number of hydrogen-bond acceptors (Lipinski definition) is 5. The fourth-order valence-electron chi connectivity index (χ4n) is 4.69. The number of phenols is 1. The van der Waals surface area contributed by atoms with Crippen LogP contribution in [0.3, 0.4) is 0 Å². The first-order chi connectivity index (χ1) is 15.1. The third kappa shape index (κ3) is 3.54. The second-order valence-electron chi connectivity index (χ2n) is 8.43. The van der Waals surface area contributed by atoms with Crippen molar-refractivity contribution in [3.8, 4) is 16.3 Å². The summed E-state index contributed by atoms with van der Waals surface area (Å²) in [6, 6.07) is 9.71. The molecule has 0 radical (unpaired) electrons. The minimum absolute atomic E-state index is 0.0672. The predicted octanol–water partition coefficient (Wildman–Crippen LogP) is 4.21. The van der Waals surface area contributed by atoms with E-state index >= 15 is 0 Å². The maximum Gasteiger partial charge on any atom is 0.203 e. The number of thiazole rings is 1. The molecule has 0 bridgehead atoms.